The lowest BCUT2D eigenvalue weighted by molar-refractivity contribution is 1.04. The number of halogens is 1. The first-order valence-corrected chi connectivity index (χ1v) is 5.33. The number of nitrogens with zero attached hydrogens (tertiary/aromatic N) is 3. The zero-order chi connectivity index (χ0) is 11.5. The third-order valence-electron chi connectivity index (χ3n) is 2.39. The Bertz CT molecular complexity index is 482. The molecule has 0 aliphatic carbocycles. The monoisotopic (exact) mass is 233 g/mol. The Morgan fingerprint density at radius 1 is 1.06 bits per heavy atom. The van der Waals surface area contributed by atoms with Crippen molar-refractivity contribution in [3.63, 3.8) is 0 Å². The van der Waals surface area contributed by atoms with Crippen LogP contribution in [-0.2, 0) is 0 Å². The normalized spacial score (nSPS) is 10.2. The summed E-state index contributed by atoms with van der Waals surface area (Å²) >= 11 is 5.85. The minimum absolute atomic E-state index is 0.730. The molecule has 1 aromatic heterocycles. The van der Waals surface area contributed by atoms with Gasteiger partial charge in [0.2, 0.25) is 0 Å². The van der Waals surface area contributed by atoms with E-state index < -0.39 is 0 Å². The molecule has 82 valence electrons. The number of aromatic nitrogens is 2. The summed E-state index contributed by atoms with van der Waals surface area (Å²) in [6.07, 6.45) is 3.38. The van der Waals surface area contributed by atoms with Crippen LogP contribution in [0.25, 0.3) is 0 Å². The largest absolute Gasteiger partial charge is 0.328 e. The van der Waals surface area contributed by atoms with E-state index in [4.69, 9.17) is 11.6 Å². The third kappa shape index (κ3) is 2.14. The average molecular weight is 234 g/mol. The topological polar surface area (TPSA) is 29.0 Å². The van der Waals surface area contributed by atoms with E-state index in [9.17, 15) is 0 Å². The first-order chi connectivity index (χ1) is 7.68. The van der Waals surface area contributed by atoms with Crippen molar-refractivity contribution >= 4 is 23.1 Å². The summed E-state index contributed by atoms with van der Waals surface area (Å²) in [5.41, 5.74) is 1.94. The molecule has 3 nitrogen and oxygen atoms in total. The fourth-order valence-electron chi connectivity index (χ4n) is 1.52. The first kappa shape index (κ1) is 10.9. The van der Waals surface area contributed by atoms with Gasteiger partial charge >= 0.3 is 0 Å². The van der Waals surface area contributed by atoms with Gasteiger partial charge in [0.15, 0.2) is 5.82 Å². The minimum Gasteiger partial charge on any atom is -0.328 e. The molecule has 2 rings (SSSR count). The fourth-order valence-corrected chi connectivity index (χ4v) is 1.64. The highest BCUT2D eigenvalue weighted by Crippen LogP contribution is 2.24. The molecule has 0 saturated carbocycles. The Balaban J connectivity index is 2.35. The van der Waals surface area contributed by atoms with Crippen molar-refractivity contribution in [1.29, 1.82) is 0 Å². The molecule has 16 heavy (non-hydrogen) atoms. The molecule has 0 N–H and O–H groups in total. The maximum absolute atomic E-state index is 5.85. The van der Waals surface area contributed by atoms with Gasteiger partial charge in [0.25, 0.3) is 0 Å². The lowest BCUT2D eigenvalue weighted by Gasteiger charge is -2.19. The second kappa shape index (κ2) is 4.49. The van der Waals surface area contributed by atoms with Gasteiger partial charge in [-0.3, -0.25) is 4.98 Å². The van der Waals surface area contributed by atoms with E-state index in [1.165, 1.54) is 0 Å². The zero-order valence-corrected chi connectivity index (χ0v) is 9.94. The van der Waals surface area contributed by atoms with E-state index in [1.807, 2.05) is 43.1 Å². The molecule has 2 aromatic rings. The Morgan fingerprint density at radius 3 is 2.31 bits per heavy atom. The Hall–Kier alpha value is -1.61. The quantitative estimate of drug-likeness (QED) is 0.798. The van der Waals surface area contributed by atoms with E-state index in [2.05, 4.69) is 9.97 Å². The molecule has 0 saturated heterocycles. The lowest BCUT2D eigenvalue weighted by Crippen LogP contribution is -2.13. The SMILES string of the molecule is Cc1nccnc1N(C)c1ccc(Cl)cc1. The van der Waals surface area contributed by atoms with Crippen LogP contribution < -0.4 is 4.90 Å². The van der Waals surface area contributed by atoms with E-state index in [0.29, 0.717) is 0 Å². The van der Waals surface area contributed by atoms with Gasteiger partial charge in [-0.2, -0.15) is 0 Å². The molecule has 0 aliphatic heterocycles. The molecule has 0 amide bonds. The standard InChI is InChI=1S/C12H12ClN3/c1-9-12(15-8-7-14-9)16(2)11-5-3-10(13)4-6-11/h3-8H,1-2H3. The summed E-state index contributed by atoms with van der Waals surface area (Å²) in [4.78, 5) is 10.5. The number of anilines is 2. The molecular weight excluding hydrogens is 222 g/mol. The van der Waals surface area contributed by atoms with Crippen LogP contribution in [0, 0.1) is 6.92 Å². The maximum atomic E-state index is 5.85. The highest BCUT2D eigenvalue weighted by atomic mass is 35.5. The second-order valence-corrected chi connectivity index (χ2v) is 3.94. The van der Waals surface area contributed by atoms with Crippen molar-refractivity contribution in [3.8, 4) is 0 Å². The van der Waals surface area contributed by atoms with Crippen molar-refractivity contribution in [3.05, 3.63) is 47.4 Å². The Kier molecular flexibility index (Phi) is 3.06. The molecule has 0 atom stereocenters. The first-order valence-electron chi connectivity index (χ1n) is 4.95. The summed E-state index contributed by atoms with van der Waals surface area (Å²) in [5.74, 6) is 0.852. The van der Waals surface area contributed by atoms with Crippen LogP contribution in [-0.4, -0.2) is 17.0 Å². The summed E-state index contributed by atoms with van der Waals surface area (Å²) in [7, 11) is 1.96. The van der Waals surface area contributed by atoms with Gasteiger partial charge in [0.05, 0.1) is 5.69 Å². The minimum atomic E-state index is 0.730. The molecule has 1 heterocycles. The fraction of sp³-hybridized carbons (Fsp3) is 0.167. The zero-order valence-electron chi connectivity index (χ0n) is 9.18. The van der Waals surface area contributed by atoms with Crippen molar-refractivity contribution in [2.75, 3.05) is 11.9 Å². The van der Waals surface area contributed by atoms with Crippen LogP contribution in [0.5, 0.6) is 0 Å². The van der Waals surface area contributed by atoms with Gasteiger partial charge in [0.1, 0.15) is 0 Å². The molecular formula is C12H12ClN3. The van der Waals surface area contributed by atoms with Crippen molar-refractivity contribution in [2.24, 2.45) is 0 Å². The number of hydrogen-bond acceptors (Lipinski definition) is 3. The second-order valence-electron chi connectivity index (χ2n) is 3.50. The summed E-state index contributed by atoms with van der Waals surface area (Å²) < 4.78 is 0. The average Bonchev–Trinajstić information content (AvgIpc) is 2.30. The number of rotatable bonds is 2. The molecule has 1 aromatic carbocycles. The maximum Gasteiger partial charge on any atom is 0.154 e. The van der Waals surface area contributed by atoms with Gasteiger partial charge in [-0.15, -0.1) is 0 Å². The number of benzene rings is 1. The molecule has 0 bridgehead atoms. The van der Waals surface area contributed by atoms with Crippen LogP contribution in [0.1, 0.15) is 5.69 Å². The summed E-state index contributed by atoms with van der Waals surface area (Å²) in [6.45, 7) is 1.94. The lowest BCUT2D eigenvalue weighted by atomic mass is 10.3. The number of aryl methyl sites for hydroxylation is 1. The van der Waals surface area contributed by atoms with E-state index in [-0.39, 0.29) is 0 Å². The third-order valence-corrected chi connectivity index (χ3v) is 2.64. The highest BCUT2D eigenvalue weighted by molar-refractivity contribution is 6.30. The predicted octanol–water partition coefficient (Wildman–Crippen LogP) is 3.21. The van der Waals surface area contributed by atoms with E-state index in [0.717, 1.165) is 22.2 Å². The molecule has 0 spiro atoms. The predicted molar refractivity (Wildman–Crippen MR) is 66.3 cm³/mol. The van der Waals surface area contributed by atoms with Crippen LogP contribution in [0.4, 0.5) is 11.5 Å². The molecule has 0 unspecified atom stereocenters. The molecule has 0 radical (unpaired) electrons. The molecule has 0 fully saturated rings. The summed E-state index contributed by atoms with van der Waals surface area (Å²) in [6, 6.07) is 7.63. The van der Waals surface area contributed by atoms with E-state index in [1.54, 1.807) is 12.4 Å². The van der Waals surface area contributed by atoms with Gasteiger partial charge in [-0.05, 0) is 31.2 Å². The van der Waals surface area contributed by atoms with Gasteiger partial charge < -0.3 is 4.90 Å². The highest BCUT2D eigenvalue weighted by Gasteiger charge is 2.08. The van der Waals surface area contributed by atoms with Crippen LogP contribution in [0.15, 0.2) is 36.7 Å². The van der Waals surface area contributed by atoms with Crippen LogP contribution in [0.2, 0.25) is 5.02 Å². The molecule has 0 aliphatic rings. The smallest absolute Gasteiger partial charge is 0.154 e. The van der Waals surface area contributed by atoms with Crippen molar-refractivity contribution in [1.82, 2.24) is 9.97 Å². The van der Waals surface area contributed by atoms with Crippen LogP contribution in [0.3, 0.4) is 0 Å². The number of hydrogen-bond donors (Lipinski definition) is 0. The van der Waals surface area contributed by atoms with Crippen molar-refractivity contribution < 1.29 is 0 Å². The Labute approximate surface area is 99.7 Å². The summed E-state index contributed by atoms with van der Waals surface area (Å²) in [5, 5.41) is 0.730. The van der Waals surface area contributed by atoms with Crippen LogP contribution >= 0.6 is 11.6 Å². The Morgan fingerprint density at radius 2 is 1.69 bits per heavy atom. The molecule has 4 heteroatoms. The van der Waals surface area contributed by atoms with E-state index >= 15 is 0 Å². The van der Waals surface area contributed by atoms with Gasteiger partial charge in [0, 0.05) is 30.2 Å². The van der Waals surface area contributed by atoms with Gasteiger partial charge in [-0.25, -0.2) is 4.98 Å². The van der Waals surface area contributed by atoms with Crippen molar-refractivity contribution in [2.45, 2.75) is 6.92 Å². The van der Waals surface area contributed by atoms with Gasteiger partial charge in [-0.1, -0.05) is 11.6 Å².